The van der Waals surface area contributed by atoms with Crippen molar-refractivity contribution >= 4 is 17.3 Å². The van der Waals surface area contributed by atoms with E-state index in [1.54, 1.807) is 25.3 Å². The van der Waals surface area contributed by atoms with Gasteiger partial charge in [0.05, 0.1) is 12.8 Å². The smallest absolute Gasteiger partial charge is 0.228 e. The van der Waals surface area contributed by atoms with Crippen LogP contribution in [0.25, 0.3) is 0 Å². The van der Waals surface area contributed by atoms with Gasteiger partial charge < -0.3 is 15.8 Å². The summed E-state index contributed by atoms with van der Waals surface area (Å²) in [7, 11) is 1.57. The van der Waals surface area contributed by atoms with Gasteiger partial charge in [0.15, 0.2) is 0 Å². The highest BCUT2D eigenvalue weighted by Crippen LogP contribution is 2.48. The Morgan fingerprint density at radius 2 is 2.00 bits per heavy atom. The number of methoxy groups -OCH3 is 1. The predicted octanol–water partition coefficient (Wildman–Crippen LogP) is 3.02. The van der Waals surface area contributed by atoms with Gasteiger partial charge in [-0.15, -0.1) is 0 Å². The third kappa shape index (κ3) is 2.84. The lowest BCUT2D eigenvalue weighted by Gasteiger charge is -2.11. The van der Waals surface area contributed by atoms with E-state index in [2.05, 4.69) is 17.4 Å². The van der Waals surface area contributed by atoms with Crippen LogP contribution in [0.2, 0.25) is 0 Å². The topological polar surface area (TPSA) is 64.3 Å². The second-order valence-electron chi connectivity index (χ2n) is 5.31. The van der Waals surface area contributed by atoms with Gasteiger partial charge in [0.25, 0.3) is 0 Å². The Morgan fingerprint density at radius 1 is 1.24 bits per heavy atom. The average Bonchev–Trinajstić information content (AvgIpc) is 3.29. The van der Waals surface area contributed by atoms with Crippen LogP contribution >= 0.6 is 0 Å². The van der Waals surface area contributed by atoms with E-state index in [4.69, 9.17) is 10.5 Å². The zero-order valence-corrected chi connectivity index (χ0v) is 11.9. The van der Waals surface area contributed by atoms with E-state index in [0.717, 1.165) is 6.42 Å². The van der Waals surface area contributed by atoms with Gasteiger partial charge in [-0.3, -0.25) is 4.79 Å². The fraction of sp³-hybridized carbons (Fsp3) is 0.235. The van der Waals surface area contributed by atoms with Crippen molar-refractivity contribution in [1.82, 2.24) is 0 Å². The third-order valence-electron chi connectivity index (χ3n) is 3.84. The molecule has 0 aromatic heterocycles. The molecule has 1 aliphatic carbocycles. The van der Waals surface area contributed by atoms with Crippen LogP contribution in [0.1, 0.15) is 17.9 Å². The summed E-state index contributed by atoms with van der Waals surface area (Å²) < 4.78 is 5.24. The van der Waals surface area contributed by atoms with Gasteiger partial charge in [-0.05, 0) is 36.1 Å². The maximum absolute atomic E-state index is 12.3. The van der Waals surface area contributed by atoms with Crippen LogP contribution in [0, 0.1) is 5.92 Å². The molecule has 2 aromatic carbocycles. The quantitative estimate of drug-likeness (QED) is 0.847. The molecule has 1 fully saturated rings. The first kappa shape index (κ1) is 13.5. The molecule has 0 radical (unpaired) electrons. The first-order chi connectivity index (χ1) is 10.2. The van der Waals surface area contributed by atoms with E-state index >= 15 is 0 Å². The number of anilines is 2. The average molecular weight is 282 g/mol. The molecule has 0 saturated heterocycles. The summed E-state index contributed by atoms with van der Waals surface area (Å²) in [6.07, 6.45) is 0.889. The number of nitrogens with two attached hydrogens (primary N) is 1. The van der Waals surface area contributed by atoms with E-state index in [-0.39, 0.29) is 11.8 Å². The van der Waals surface area contributed by atoms with Crippen LogP contribution in [0.3, 0.4) is 0 Å². The third-order valence-corrected chi connectivity index (χ3v) is 3.84. The Labute approximate surface area is 123 Å². The van der Waals surface area contributed by atoms with Crippen LogP contribution in [0.15, 0.2) is 48.5 Å². The summed E-state index contributed by atoms with van der Waals surface area (Å²) in [5.41, 5.74) is 8.21. The zero-order chi connectivity index (χ0) is 14.8. The summed E-state index contributed by atoms with van der Waals surface area (Å²) in [5.74, 6) is 0.985. The molecule has 4 heteroatoms. The van der Waals surface area contributed by atoms with Crippen LogP contribution in [-0.4, -0.2) is 13.0 Å². The minimum Gasteiger partial charge on any atom is -0.495 e. The van der Waals surface area contributed by atoms with Crippen LogP contribution in [0.5, 0.6) is 5.75 Å². The van der Waals surface area contributed by atoms with E-state index < -0.39 is 0 Å². The second kappa shape index (κ2) is 5.48. The fourth-order valence-corrected chi connectivity index (χ4v) is 2.60. The number of hydrogen-bond acceptors (Lipinski definition) is 3. The van der Waals surface area contributed by atoms with Crippen LogP contribution < -0.4 is 15.8 Å². The molecule has 1 aliphatic rings. The molecular weight excluding hydrogens is 264 g/mol. The molecule has 2 unspecified atom stereocenters. The molecule has 4 nitrogen and oxygen atoms in total. The summed E-state index contributed by atoms with van der Waals surface area (Å²) >= 11 is 0. The Kier molecular flexibility index (Phi) is 3.52. The van der Waals surface area contributed by atoms with Crippen molar-refractivity contribution in [2.75, 3.05) is 18.2 Å². The molecule has 0 bridgehead atoms. The Morgan fingerprint density at radius 3 is 2.71 bits per heavy atom. The number of hydrogen-bond donors (Lipinski definition) is 2. The Bertz CT molecular complexity index is 655. The number of carbonyl (C=O) groups is 1. The Hall–Kier alpha value is -2.49. The van der Waals surface area contributed by atoms with E-state index in [1.807, 2.05) is 18.2 Å². The van der Waals surface area contributed by atoms with Gasteiger partial charge in [0, 0.05) is 11.6 Å². The molecule has 3 rings (SSSR count). The van der Waals surface area contributed by atoms with Gasteiger partial charge >= 0.3 is 0 Å². The molecular formula is C17H18N2O2. The van der Waals surface area contributed by atoms with E-state index in [9.17, 15) is 4.79 Å². The highest BCUT2D eigenvalue weighted by Gasteiger charge is 2.43. The van der Waals surface area contributed by atoms with Crippen molar-refractivity contribution in [1.29, 1.82) is 0 Å². The Balaban J connectivity index is 1.70. The lowest BCUT2D eigenvalue weighted by molar-refractivity contribution is -0.117. The second-order valence-corrected chi connectivity index (χ2v) is 5.31. The monoisotopic (exact) mass is 282 g/mol. The zero-order valence-electron chi connectivity index (χ0n) is 11.9. The maximum Gasteiger partial charge on any atom is 0.228 e. The molecule has 3 N–H and O–H groups in total. The van der Waals surface area contributed by atoms with Crippen molar-refractivity contribution in [2.24, 2.45) is 5.92 Å². The molecule has 2 atom stereocenters. The molecule has 0 aliphatic heterocycles. The van der Waals surface area contributed by atoms with Gasteiger partial charge in [0.1, 0.15) is 5.75 Å². The molecule has 0 spiro atoms. The fourth-order valence-electron chi connectivity index (χ4n) is 2.60. The number of ether oxygens (including phenoxy) is 1. The van der Waals surface area contributed by atoms with Crippen molar-refractivity contribution < 1.29 is 9.53 Å². The summed E-state index contributed by atoms with van der Waals surface area (Å²) in [6, 6.07) is 15.4. The summed E-state index contributed by atoms with van der Waals surface area (Å²) in [6.45, 7) is 0. The van der Waals surface area contributed by atoms with Gasteiger partial charge in [-0.1, -0.05) is 30.3 Å². The lowest BCUT2D eigenvalue weighted by atomic mass is 10.1. The van der Waals surface area contributed by atoms with Crippen molar-refractivity contribution in [2.45, 2.75) is 12.3 Å². The highest BCUT2D eigenvalue weighted by atomic mass is 16.5. The minimum atomic E-state index is 0.0211. The summed E-state index contributed by atoms with van der Waals surface area (Å²) in [5, 5.41) is 2.92. The number of amides is 1. The normalized spacial score (nSPS) is 19.9. The number of rotatable bonds is 4. The van der Waals surface area contributed by atoms with Gasteiger partial charge in [-0.2, -0.15) is 0 Å². The number of carbonyl (C=O) groups excluding carboxylic acids is 1. The van der Waals surface area contributed by atoms with Crippen molar-refractivity contribution in [3.8, 4) is 5.75 Å². The molecule has 0 heterocycles. The molecule has 2 aromatic rings. The number of nitrogen functional groups attached to an aromatic ring is 1. The van der Waals surface area contributed by atoms with Crippen molar-refractivity contribution in [3.05, 3.63) is 54.1 Å². The SMILES string of the molecule is COc1ccc(N)cc1NC(=O)C1CC1c1ccccc1. The number of nitrogens with one attached hydrogen (secondary N) is 1. The highest BCUT2D eigenvalue weighted by molar-refractivity contribution is 5.96. The molecule has 1 saturated carbocycles. The van der Waals surface area contributed by atoms with Crippen LogP contribution in [-0.2, 0) is 4.79 Å². The first-order valence-corrected chi connectivity index (χ1v) is 6.98. The van der Waals surface area contributed by atoms with E-state index in [1.165, 1.54) is 5.56 Å². The standard InChI is InChI=1S/C17H18N2O2/c1-21-16-8-7-12(18)9-15(16)19-17(20)14-10-13(14)11-5-3-2-4-6-11/h2-9,13-14H,10,18H2,1H3,(H,19,20). The minimum absolute atomic E-state index is 0.0211. The first-order valence-electron chi connectivity index (χ1n) is 6.98. The molecule has 108 valence electrons. The molecule has 1 amide bonds. The van der Waals surface area contributed by atoms with Crippen molar-refractivity contribution in [3.63, 3.8) is 0 Å². The maximum atomic E-state index is 12.3. The van der Waals surface area contributed by atoms with Crippen LogP contribution in [0.4, 0.5) is 11.4 Å². The lowest BCUT2D eigenvalue weighted by Crippen LogP contribution is -2.15. The molecule has 21 heavy (non-hydrogen) atoms. The number of benzene rings is 2. The largest absolute Gasteiger partial charge is 0.495 e. The van der Waals surface area contributed by atoms with E-state index in [0.29, 0.717) is 23.0 Å². The van der Waals surface area contributed by atoms with Gasteiger partial charge in [0.2, 0.25) is 5.91 Å². The summed E-state index contributed by atoms with van der Waals surface area (Å²) in [4.78, 5) is 12.3. The predicted molar refractivity (Wildman–Crippen MR) is 83.3 cm³/mol. The van der Waals surface area contributed by atoms with Gasteiger partial charge in [-0.25, -0.2) is 0 Å².